The summed E-state index contributed by atoms with van der Waals surface area (Å²) in [5, 5.41) is 8.61. The third-order valence-electron chi connectivity index (χ3n) is 2.41. The minimum absolute atomic E-state index is 0.0118. The van der Waals surface area contributed by atoms with Crippen molar-refractivity contribution in [2.24, 2.45) is 0 Å². The van der Waals surface area contributed by atoms with Crippen LogP contribution in [-0.4, -0.2) is 8.42 Å². The third-order valence-corrected chi connectivity index (χ3v) is 5.58. The summed E-state index contributed by atoms with van der Waals surface area (Å²) in [7, 11) is -3.69. The fraction of sp³-hybridized carbons (Fsp3) is 0.0833. The Labute approximate surface area is 124 Å². The molecule has 0 aliphatic carbocycles. The van der Waals surface area contributed by atoms with Crippen LogP contribution >= 0.6 is 22.9 Å². The molecule has 0 amide bonds. The lowest BCUT2D eigenvalue weighted by atomic mass is 10.2. The second-order valence-corrected chi connectivity index (χ2v) is 7.29. The Bertz CT molecular complexity index is 781. The van der Waals surface area contributed by atoms with E-state index in [-0.39, 0.29) is 15.8 Å². The smallest absolute Gasteiger partial charge is 0.206 e. The molecule has 1 aromatic heterocycles. The molecule has 1 aromatic carbocycles. The van der Waals surface area contributed by atoms with E-state index in [0.29, 0.717) is 10.4 Å². The van der Waals surface area contributed by atoms with Crippen molar-refractivity contribution in [3.8, 4) is 6.07 Å². The lowest BCUT2D eigenvalue weighted by Gasteiger charge is -2.05. The molecule has 2 aromatic rings. The number of nitrogens with one attached hydrogen (secondary N) is 1. The number of nitrogens with zero attached hydrogens (tertiary/aromatic N) is 1. The molecule has 0 unspecified atom stereocenters. The summed E-state index contributed by atoms with van der Waals surface area (Å²) >= 11 is 6.50. The standard InChI is InChI=1S/C12H8ClFN2O2S2/c13-10-5-8(1-3-11(10)14)7-16-20(17,18)12-4-2-9(6-15)19-12/h1-5,16H,7H2. The number of hydrogen-bond acceptors (Lipinski definition) is 4. The highest BCUT2D eigenvalue weighted by Crippen LogP contribution is 2.21. The Balaban J connectivity index is 2.13. The fourth-order valence-electron chi connectivity index (χ4n) is 1.42. The van der Waals surface area contributed by atoms with Gasteiger partial charge in [0.25, 0.3) is 0 Å². The van der Waals surface area contributed by atoms with Crippen LogP contribution in [0.1, 0.15) is 10.4 Å². The number of halogens is 2. The van der Waals surface area contributed by atoms with Gasteiger partial charge in [-0.1, -0.05) is 17.7 Å². The number of sulfonamides is 1. The van der Waals surface area contributed by atoms with E-state index in [4.69, 9.17) is 16.9 Å². The Morgan fingerprint density at radius 2 is 2.10 bits per heavy atom. The van der Waals surface area contributed by atoms with E-state index in [9.17, 15) is 12.8 Å². The lowest BCUT2D eigenvalue weighted by Crippen LogP contribution is -2.22. The van der Waals surface area contributed by atoms with Gasteiger partial charge < -0.3 is 0 Å². The van der Waals surface area contributed by atoms with Crippen LogP contribution in [0.5, 0.6) is 0 Å². The summed E-state index contributed by atoms with van der Waals surface area (Å²) in [6.07, 6.45) is 0. The molecule has 0 radical (unpaired) electrons. The number of nitriles is 1. The van der Waals surface area contributed by atoms with E-state index in [0.717, 1.165) is 11.3 Å². The highest BCUT2D eigenvalue weighted by molar-refractivity contribution is 7.91. The maximum absolute atomic E-state index is 13.0. The predicted molar refractivity (Wildman–Crippen MR) is 74.5 cm³/mol. The van der Waals surface area contributed by atoms with Crippen molar-refractivity contribution in [1.29, 1.82) is 5.26 Å². The van der Waals surface area contributed by atoms with Crippen LogP contribution in [0.2, 0.25) is 5.02 Å². The zero-order chi connectivity index (χ0) is 14.8. The summed E-state index contributed by atoms with van der Waals surface area (Å²) < 4.78 is 39.3. The minimum atomic E-state index is -3.69. The van der Waals surface area contributed by atoms with Crippen LogP contribution in [0.4, 0.5) is 4.39 Å². The van der Waals surface area contributed by atoms with Crippen LogP contribution < -0.4 is 4.72 Å². The zero-order valence-electron chi connectivity index (χ0n) is 9.93. The largest absolute Gasteiger partial charge is 0.250 e. The Kier molecular flexibility index (Phi) is 4.40. The van der Waals surface area contributed by atoms with Crippen LogP contribution in [0, 0.1) is 17.1 Å². The van der Waals surface area contributed by atoms with E-state index >= 15 is 0 Å². The van der Waals surface area contributed by atoms with E-state index in [1.54, 1.807) is 0 Å². The first kappa shape index (κ1) is 14.9. The normalized spacial score (nSPS) is 11.2. The second-order valence-electron chi connectivity index (χ2n) is 3.80. The average Bonchev–Trinajstić information content (AvgIpc) is 2.90. The molecule has 0 atom stereocenters. The highest BCUT2D eigenvalue weighted by atomic mass is 35.5. The molecule has 0 aliphatic heterocycles. The van der Waals surface area contributed by atoms with E-state index < -0.39 is 15.8 Å². The van der Waals surface area contributed by atoms with E-state index in [1.807, 2.05) is 6.07 Å². The molecule has 20 heavy (non-hydrogen) atoms. The van der Waals surface area contributed by atoms with Crippen molar-refractivity contribution in [3.63, 3.8) is 0 Å². The molecular weight excluding hydrogens is 323 g/mol. The van der Waals surface area contributed by atoms with Crippen molar-refractivity contribution in [2.45, 2.75) is 10.8 Å². The van der Waals surface area contributed by atoms with Crippen molar-refractivity contribution in [1.82, 2.24) is 4.72 Å². The molecule has 8 heteroatoms. The Morgan fingerprint density at radius 1 is 1.35 bits per heavy atom. The molecule has 0 aliphatic rings. The SMILES string of the molecule is N#Cc1ccc(S(=O)(=O)NCc2ccc(F)c(Cl)c2)s1. The van der Waals surface area contributed by atoms with Crippen molar-refractivity contribution >= 4 is 33.0 Å². The van der Waals surface area contributed by atoms with Gasteiger partial charge in [-0.15, -0.1) is 11.3 Å². The lowest BCUT2D eigenvalue weighted by molar-refractivity contribution is 0.583. The molecule has 0 bridgehead atoms. The average molecular weight is 331 g/mol. The van der Waals surface area contributed by atoms with Gasteiger partial charge in [0.1, 0.15) is 21.0 Å². The highest BCUT2D eigenvalue weighted by Gasteiger charge is 2.16. The van der Waals surface area contributed by atoms with Gasteiger partial charge in [-0.2, -0.15) is 5.26 Å². The fourth-order valence-corrected chi connectivity index (χ4v) is 3.79. The maximum Gasteiger partial charge on any atom is 0.250 e. The molecule has 0 spiro atoms. The summed E-state index contributed by atoms with van der Waals surface area (Å²) in [5.41, 5.74) is 0.539. The summed E-state index contributed by atoms with van der Waals surface area (Å²) in [6, 6.07) is 8.65. The number of thiophene rings is 1. The van der Waals surface area contributed by atoms with Gasteiger partial charge >= 0.3 is 0 Å². The molecule has 104 valence electrons. The van der Waals surface area contributed by atoms with Crippen molar-refractivity contribution < 1.29 is 12.8 Å². The second kappa shape index (κ2) is 5.89. The van der Waals surface area contributed by atoms with Crippen LogP contribution in [0.3, 0.4) is 0 Å². The van der Waals surface area contributed by atoms with Gasteiger partial charge in [0.15, 0.2) is 0 Å². The molecule has 0 saturated carbocycles. The van der Waals surface area contributed by atoms with Crippen LogP contribution in [0.25, 0.3) is 0 Å². The van der Waals surface area contributed by atoms with Gasteiger partial charge in [-0.05, 0) is 29.8 Å². The monoisotopic (exact) mass is 330 g/mol. The van der Waals surface area contributed by atoms with Gasteiger partial charge in [0.2, 0.25) is 10.0 Å². The number of hydrogen-bond donors (Lipinski definition) is 1. The van der Waals surface area contributed by atoms with Crippen molar-refractivity contribution in [3.05, 3.63) is 51.6 Å². The first-order chi connectivity index (χ1) is 9.42. The molecule has 0 fully saturated rings. The first-order valence-corrected chi connectivity index (χ1v) is 8.03. The molecule has 1 heterocycles. The molecular formula is C12H8ClFN2O2S2. The third kappa shape index (κ3) is 3.35. The summed E-state index contributed by atoms with van der Waals surface area (Å²) in [5.74, 6) is -0.560. The molecule has 2 rings (SSSR count). The number of benzene rings is 1. The predicted octanol–water partition coefficient (Wildman–Crippen LogP) is 2.89. The molecule has 4 nitrogen and oxygen atoms in total. The van der Waals surface area contributed by atoms with Gasteiger partial charge in [-0.3, -0.25) is 0 Å². The van der Waals surface area contributed by atoms with Gasteiger partial charge in [0.05, 0.1) is 5.02 Å². The molecule has 1 N–H and O–H groups in total. The zero-order valence-corrected chi connectivity index (χ0v) is 12.3. The molecule has 0 saturated heterocycles. The quantitative estimate of drug-likeness (QED) is 0.937. The van der Waals surface area contributed by atoms with E-state index in [2.05, 4.69) is 4.72 Å². The van der Waals surface area contributed by atoms with Crippen LogP contribution in [-0.2, 0) is 16.6 Å². The first-order valence-electron chi connectivity index (χ1n) is 5.36. The topological polar surface area (TPSA) is 70.0 Å². The maximum atomic E-state index is 13.0. The summed E-state index contributed by atoms with van der Waals surface area (Å²) in [4.78, 5) is 0.315. The van der Waals surface area contributed by atoms with Crippen LogP contribution in [0.15, 0.2) is 34.5 Å². The van der Waals surface area contributed by atoms with E-state index in [1.165, 1.54) is 30.3 Å². The van der Waals surface area contributed by atoms with Gasteiger partial charge in [-0.25, -0.2) is 17.5 Å². The Morgan fingerprint density at radius 3 is 2.70 bits per heavy atom. The van der Waals surface area contributed by atoms with Crippen molar-refractivity contribution in [2.75, 3.05) is 0 Å². The Hall–Kier alpha value is -1.46. The number of rotatable bonds is 4. The minimum Gasteiger partial charge on any atom is -0.206 e. The summed E-state index contributed by atoms with van der Waals surface area (Å²) in [6.45, 7) is -0.0118. The van der Waals surface area contributed by atoms with Gasteiger partial charge in [0, 0.05) is 6.54 Å².